The molecular weight excluding hydrogens is 472 g/mol. The molecule has 0 aromatic heterocycles. The molecule has 4 nitrogen and oxygen atoms in total. The maximum absolute atomic E-state index is 12.5. The number of hydrogen-bond donors (Lipinski definition) is 1. The lowest BCUT2D eigenvalue weighted by Crippen LogP contribution is -2.70. The summed E-state index contributed by atoms with van der Waals surface area (Å²) in [4.78, 5) is 24.5. The van der Waals surface area contributed by atoms with Crippen molar-refractivity contribution >= 4 is 11.9 Å². The molecule has 0 aromatic carbocycles. The third-order valence-corrected chi connectivity index (χ3v) is 15.3. The van der Waals surface area contributed by atoms with Crippen molar-refractivity contribution in [3.8, 4) is 0 Å². The maximum Gasteiger partial charge on any atom is 0.309 e. The van der Waals surface area contributed by atoms with Crippen molar-refractivity contribution in [1.82, 2.24) is 0 Å². The second-order valence-corrected chi connectivity index (χ2v) is 16.7. The zero-order valence-electron chi connectivity index (χ0n) is 26.0. The van der Waals surface area contributed by atoms with Crippen molar-refractivity contribution in [2.45, 2.75) is 140 Å². The average Bonchev–Trinajstić information content (AvgIpc) is 2.79. The van der Waals surface area contributed by atoms with Crippen molar-refractivity contribution in [3.05, 3.63) is 11.6 Å². The van der Waals surface area contributed by atoms with Crippen LogP contribution in [-0.2, 0) is 14.3 Å². The lowest BCUT2D eigenvalue weighted by Gasteiger charge is -2.77. The Labute approximate surface area is 231 Å². The Kier molecular flexibility index (Phi) is 5.87. The van der Waals surface area contributed by atoms with Gasteiger partial charge in [0.2, 0.25) is 0 Å². The highest BCUT2D eigenvalue weighted by Gasteiger charge is 2.74. The molecule has 5 aliphatic carbocycles. The first-order valence-electron chi connectivity index (χ1n) is 15.4. The van der Waals surface area contributed by atoms with Gasteiger partial charge in [-0.15, -0.1) is 0 Å². The van der Waals surface area contributed by atoms with Gasteiger partial charge in [0.1, 0.15) is 6.10 Å². The van der Waals surface area contributed by atoms with Crippen molar-refractivity contribution in [2.75, 3.05) is 0 Å². The van der Waals surface area contributed by atoms with Crippen LogP contribution in [0.2, 0.25) is 0 Å². The summed E-state index contributed by atoms with van der Waals surface area (Å²) in [5.41, 5.74) is 1.37. The molecule has 0 bridgehead atoms. The van der Waals surface area contributed by atoms with E-state index in [0.29, 0.717) is 5.92 Å². The number of allylic oxidation sites excluding steroid dienone is 2. The fourth-order valence-corrected chi connectivity index (χ4v) is 12.0. The van der Waals surface area contributed by atoms with Gasteiger partial charge in [-0.25, -0.2) is 0 Å². The molecule has 4 heteroatoms. The van der Waals surface area contributed by atoms with E-state index in [1.165, 1.54) is 19.3 Å². The minimum absolute atomic E-state index is 0.0125. The monoisotopic (exact) mass is 526 g/mol. The normalized spacial score (nSPS) is 53.4. The van der Waals surface area contributed by atoms with Crippen LogP contribution in [0, 0.1) is 49.2 Å². The molecule has 4 fully saturated rings. The van der Waals surface area contributed by atoms with Crippen LogP contribution >= 0.6 is 0 Å². The van der Waals surface area contributed by atoms with E-state index >= 15 is 0 Å². The van der Waals surface area contributed by atoms with Crippen LogP contribution in [0.5, 0.6) is 0 Å². The molecule has 0 radical (unpaired) electrons. The highest BCUT2D eigenvalue weighted by Crippen LogP contribution is 2.81. The van der Waals surface area contributed by atoms with E-state index in [9.17, 15) is 14.7 Å². The summed E-state index contributed by atoms with van der Waals surface area (Å²) < 4.78 is 5.92. The SMILES string of the molecule is CC(=O)O[C@H]1CC[C@@]2(C)C(CC[C@]3(C)[C@]2(C)CC=C2[C@]4(C)C[C@@](C)(C(=O)O)CC[C@]4(C)CC[C@]23C)C1(C)C. The van der Waals surface area contributed by atoms with Crippen LogP contribution < -0.4 is 0 Å². The minimum Gasteiger partial charge on any atom is -0.481 e. The largest absolute Gasteiger partial charge is 0.481 e. The quantitative estimate of drug-likeness (QED) is 0.289. The predicted octanol–water partition coefficient (Wildman–Crippen LogP) is 8.58. The highest BCUT2D eigenvalue weighted by molar-refractivity contribution is 5.74. The number of carbonyl (C=O) groups is 2. The Hall–Kier alpha value is -1.32. The molecule has 0 spiro atoms. The van der Waals surface area contributed by atoms with Crippen LogP contribution in [0.1, 0.15) is 133 Å². The van der Waals surface area contributed by atoms with Crippen LogP contribution in [0.3, 0.4) is 0 Å². The predicted molar refractivity (Wildman–Crippen MR) is 151 cm³/mol. The Morgan fingerprint density at radius 3 is 2.05 bits per heavy atom. The molecule has 38 heavy (non-hydrogen) atoms. The van der Waals surface area contributed by atoms with Gasteiger partial charge in [-0.1, -0.05) is 67.0 Å². The van der Waals surface area contributed by atoms with Gasteiger partial charge in [0.15, 0.2) is 0 Å². The zero-order chi connectivity index (χ0) is 28.4. The van der Waals surface area contributed by atoms with Gasteiger partial charge >= 0.3 is 11.9 Å². The molecule has 1 N–H and O–H groups in total. The lowest BCUT2D eigenvalue weighted by molar-refractivity contribution is -0.256. The second kappa shape index (κ2) is 7.90. The number of carboxylic acid groups (broad SMARTS) is 1. The first-order valence-corrected chi connectivity index (χ1v) is 15.4. The molecule has 1 unspecified atom stereocenters. The molecular formula is C34H54O4. The molecule has 0 amide bonds. The fourth-order valence-electron chi connectivity index (χ4n) is 12.0. The summed E-state index contributed by atoms with van der Waals surface area (Å²) in [5, 5.41) is 10.3. The van der Waals surface area contributed by atoms with E-state index in [1.54, 1.807) is 12.5 Å². The molecule has 0 aliphatic heterocycles. The Morgan fingerprint density at radius 1 is 0.816 bits per heavy atom. The summed E-state index contributed by atoms with van der Waals surface area (Å²) in [5.74, 6) is -0.282. The number of aliphatic carboxylic acids is 1. The van der Waals surface area contributed by atoms with E-state index < -0.39 is 11.4 Å². The van der Waals surface area contributed by atoms with Gasteiger partial charge in [0.25, 0.3) is 0 Å². The molecule has 9 atom stereocenters. The number of esters is 1. The van der Waals surface area contributed by atoms with E-state index in [0.717, 1.165) is 44.9 Å². The summed E-state index contributed by atoms with van der Waals surface area (Å²) in [6.45, 7) is 23.5. The summed E-state index contributed by atoms with van der Waals surface area (Å²) in [6, 6.07) is 0. The lowest BCUT2D eigenvalue weighted by atomic mass is 9.27. The summed E-state index contributed by atoms with van der Waals surface area (Å²) in [6.07, 6.45) is 13.0. The topological polar surface area (TPSA) is 63.6 Å². The molecule has 5 aliphatic rings. The molecule has 0 aromatic rings. The molecule has 0 saturated heterocycles. The number of ether oxygens (including phenoxy) is 1. The van der Waals surface area contributed by atoms with Gasteiger partial charge in [-0.3, -0.25) is 9.59 Å². The van der Waals surface area contributed by atoms with Gasteiger partial charge in [-0.2, -0.15) is 0 Å². The zero-order valence-corrected chi connectivity index (χ0v) is 26.0. The fraction of sp³-hybridized carbons (Fsp3) is 0.882. The highest BCUT2D eigenvalue weighted by atomic mass is 16.5. The van der Waals surface area contributed by atoms with Crippen LogP contribution in [0.4, 0.5) is 0 Å². The molecule has 5 rings (SSSR count). The number of carboxylic acids is 1. The summed E-state index contributed by atoms with van der Waals surface area (Å²) in [7, 11) is 0. The second-order valence-electron chi connectivity index (χ2n) is 16.7. The number of rotatable bonds is 2. The van der Waals surface area contributed by atoms with Crippen molar-refractivity contribution in [2.24, 2.45) is 49.2 Å². The van der Waals surface area contributed by atoms with Crippen molar-refractivity contribution < 1.29 is 19.4 Å². The Bertz CT molecular complexity index is 1090. The third kappa shape index (κ3) is 3.10. The van der Waals surface area contributed by atoms with E-state index in [1.807, 2.05) is 6.92 Å². The Balaban J connectivity index is 1.61. The van der Waals surface area contributed by atoms with Crippen LogP contribution in [-0.4, -0.2) is 23.1 Å². The van der Waals surface area contributed by atoms with Crippen molar-refractivity contribution in [3.63, 3.8) is 0 Å². The van der Waals surface area contributed by atoms with Crippen molar-refractivity contribution in [1.29, 1.82) is 0 Å². The molecule has 4 saturated carbocycles. The number of hydrogen-bond acceptors (Lipinski definition) is 3. The number of carbonyl (C=O) groups excluding carboxylic acids is 1. The van der Waals surface area contributed by atoms with E-state index in [-0.39, 0.29) is 50.0 Å². The van der Waals surface area contributed by atoms with Crippen LogP contribution in [0.15, 0.2) is 11.6 Å². The maximum atomic E-state index is 12.5. The smallest absolute Gasteiger partial charge is 0.309 e. The molecule has 0 heterocycles. The van der Waals surface area contributed by atoms with Crippen LogP contribution in [0.25, 0.3) is 0 Å². The van der Waals surface area contributed by atoms with Gasteiger partial charge in [0.05, 0.1) is 5.41 Å². The summed E-state index contributed by atoms with van der Waals surface area (Å²) >= 11 is 0. The standard InChI is InChI=1S/C34H54O4/c1-22(35)38-25-13-14-30(6)23(27(25,2)3)11-15-34(10)31(7)20-19-29(5)18-17-28(4,26(36)37)21-32(29,8)24(31)12-16-33(30,34)9/h12,23,25H,11,13-21H2,1-10H3,(H,36,37)/t23?,25-,28-,29+,30-,31+,32-,33+,34-/m0/s1. The first-order chi connectivity index (χ1) is 17.3. The van der Waals surface area contributed by atoms with E-state index in [2.05, 4.69) is 61.5 Å². The Morgan fingerprint density at radius 2 is 1.45 bits per heavy atom. The van der Waals surface area contributed by atoms with Gasteiger partial charge in [-0.05, 0) is 110 Å². The number of fused-ring (bicyclic) bond motifs is 7. The third-order valence-electron chi connectivity index (χ3n) is 15.3. The van der Waals surface area contributed by atoms with Gasteiger partial charge < -0.3 is 9.84 Å². The molecule has 214 valence electrons. The average molecular weight is 527 g/mol. The van der Waals surface area contributed by atoms with Gasteiger partial charge in [0, 0.05) is 12.3 Å². The minimum atomic E-state index is -0.655. The van der Waals surface area contributed by atoms with E-state index in [4.69, 9.17) is 4.74 Å². The first kappa shape index (κ1) is 28.2.